The molecule has 0 fully saturated rings. The van der Waals surface area contributed by atoms with Crippen LogP contribution in [0.25, 0.3) is 17.1 Å². The SMILES string of the molecule is CC(C)(c1cccc(-c2[c-]cc(F)nc2F)n1)c1cccc(-n2[c-]cc(C(F)(F)F)n2)n1.[Ni+2]. The van der Waals surface area contributed by atoms with Gasteiger partial charge in [0.25, 0.3) is 0 Å². The Labute approximate surface area is 195 Å². The molecule has 0 aliphatic heterocycles. The Morgan fingerprint density at radius 1 is 0.848 bits per heavy atom. The van der Waals surface area contributed by atoms with Gasteiger partial charge in [-0.3, -0.25) is 15.1 Å². The summed E-state index contributed by atoms with van der Waals surface area (Å²) >= 11 is 0. The maximum Gasteiger partial charge on any atom is 2.00 e. The van der Waals surface area contributed by atoms with E-state index in [0.29, 0.717) is 11.4 Å². The minimum atomic E-state index is -4.59. The third-order valence-electron chi connectivity index (χ3n) is 4.81. The van der Waals surface area contributed by atoms with Gasteiger partial charge in [0, 0.05) is 16.8 Å². The fraction of sp³-hybridized carbons (Fsp3) is 0.182. The first-order valence-electron chi connectivity index (χ1n) is 9.30. The molecular weight excluding hydrogens is 488 g/mol. The molecule has 4 aromatic heterocycles. The summed E-state index contributed by atoms with van der Waals surface area (Å²) in [4.78, 5) is 12.1. The van der Waals surface area contributed by atoms with Gasteiger partial charge in [0.1, 0.15) is 11.9 Å². The Kier molecular flexibility index (Phi) is 6.65. The summed E-state index contributed by atoms with van der Waals surface area (Å²) in [5.74, 6) is -1.89. The van der Waals surface area contributed by atoms with Crippen molar-refractivity contribution in [3.8, 4) is 17.1 Å². The van der Waals surface area contributed by atoms with Crippen molar-refractivity contribution in [2.45, 2.75) is 25.4 Å². The summed E-state index contributed by atoms with van der Waals surface area (Å²) in [6.07, 6.45) is -2.18. The molecule has 0 atom stereocenters. The second-order valence-electron chi connectivity index (χ2n) is 7.37. The van der Waals surface area contributed by atoms with Gasteiger partial charge in [-0.1, -0.05) is 42.1 Å². The maximum absolute atomic E-state index is 14.1. The molecule has 4 rings (SSSR count). The van der Waals surface area contributed by atoms with Crippen LogP contribution in [0, 0.1) is 24.2 Å². The predicted molar refractivity (Wildman–Crippen MR) is 104 cm³/mol. The fourth-order valence-electron chi connectivity index (χ4n) is 3.04. The Morgan fingerprint density at radius 3 is 2.15 bits per heavy atom. The van der Waals surface area contributed by atoms with Gasteiger partial charge in [0.15, 0.2) is 0 Å². The van der Waals surface area contributed by atoms with Gasteiger partial charge in [0.05, 0.1) is 11.5 Å². The van der Waals surface area contributed by atoms with Crippen LogP contribution in [0.5, 0.6) is 0 Å². The van der Waals surface area contributed by atoms with Crippen LogP contribution in [0.4, 0.5) is 22.0 Å². The van der Waals surface area contributed by atoms with Crippen molar-refractivity contribution >= 4 is 0 Å². The van der Waals surface area contributed by atoms with Gasteiger partial charge in [-0.25, -0.2) is 8.78 Å². The second-order valence-corrected chi connectivity index (χ2v) is 7.37. The molecule has 0 saturated carbocycles. The first-order valence-corrected chi connectivity index (χ1v) is 9.30. The van der Waals surface area contributed by atoms with Gasteiger partial charge < -0.3 is 9.67 Å². The van der Waals surface area contributed by atoms with Gasteiger partial charge in [-0.05, 0) is 31.7 Å². The van der Waals surface area contributed by atoms with Crippen molar-refractivity contribution in [1.82, 2.24) is 24.7 Å². The third kappa shape index (κ3) is 4.93. The number of alkyl halides is 3. The molecule has 4 heterocycles. The predicted octanol–water partition coefficient (Wildman–Crippen LogP) is 4.95. The largest absolute Gasteiger partial charge is 2.00 e. The minimum Gasteiger partial charge on any atom is -0.343 e. The number of nitrogens with zero attached hydrogens (tertiary/aromatic N) is 5. The molecule has 172 valence electrons. The Bertz CT molecular complexity index is 1290. The van der Waals surface area contributed by atoms with Crippen molar-refractivity contribution in [1.29, 1.82) is 0 Å². The van der Waals surface area contributed by atoms with Crippen LogP contribution >= 0.6 is 0 Å². The molecule has 5 nitrogen and oxygen atoms in total. The molecule has 0 unspecified atom stereocenters. The average molecular weight is 502 g/mol. The zero-order valence-electron chi connectivity index (χ0n) is 17.1. The Balaban J connectivity index is 0.00000306. The van der Waals surface area contributed by atoms with Gasteiger partial charge in [-0.15, -0.1) is 12.1 Å². The Morgan fingerprint density at radius 2 is 1.52 bits per heavy atom. The summed E-state index contributed by atoms with van der Waals surface area (Å²) in [5.41, 5.74) is -0.806. The first-order chi connectivity index (χ1) is 15.1. The van der Waals surface area contributed by atoms with Crippen LogP contribution in [-0.2, 0) is 28.1 Å². The molecule has 33 heavy (non-hydrogen) atoms. The van der Waals surface area contributed by atoms with Crippen molar-refractivity contribution in [3.63, 3.8) is 0 Å². The molecule has 0 aliphatic rings. The topological polar surface area (TPSA) is 56.5 Å². The Hall–Kier alpha value is -3.20. The van der Waals surface area contributed by atoms with E-state index in [9.17, 15) is 22.0 Å². The van der Waals surface area contributed by atoms with Gasteiger partial charge in [-0.2, -0.15) is 13.2 Å². The van der Waals surface area contributed by atoms with Crippen LogP contribution in [0.15, 0.2) is 48.5 Å². The molecule has 0 radical (unpaired) electrons. The van der Waals surface area contributed by atoms with E-state index >= 15 is 0 Å². The molecule has 4 aromatic rings. The van der Waals surface area contributed by atoms with E-state index in [1.807, 2.05) is 13.8 Å². The van der Waals surface area contributed by atoms with Crippen molar-refractivity contribution < 1.29 is 38.4 Å². The molecule has 0 bridgehead atoms. The number of hydrogen-bond donors (Lipinski definition) is 0. The quantitative estimate of drug-likeness (QED) is 0.172. The van der Waals surface area contributed by atoms with Crippen molar-refractivity contribution in [2.75, 3.05) is 0 Å². The van der Waals surface area contributed by atoms with Gasteiger partial charge in [0.2, 0.25) is 0 Å². The summed E-state index contributed by atoms with van der Waals surface area (Å²) in [5, 5.41) is 3.49. The number of hydrogen-bond acceptors (Lipinski definition) is 4. The third-order valence-corrected chi connectivity index (χ3v) is 4.81. The number of rotatable bonds is 4. The van der Waals surface area contributed by atoms with E-state index in [1.54, 1.807) is 24.3 Å². The van der Waals surface area contributed by atoms with Gasteiger partial charge >= 0.3 is 22.7 Å². The van der Waals surface area contributed by atoms with Crippen LogP contribution in [0.2, 0.25) is 0 Å². The van der Waals surface area contributed by atoms with E-state index in [0.717, 1.165) is 16.8 Å². The van der Waals surface area contributed by atoms with E-state index in [1.165, 1.54) is 12.1 Å². The number of aromatic nitrogens is 5. The number of halogens is 5. The molecule has 11 heteroatoms. The van der Waals surface area contributed by atoms with Crippen molar-refractivity contribution in [2.24, 2.45) is 0 Å². The van der Waals surface area contributed by atoms with Crippen LogP contribution < -0.4 is 0 Å². The van der Waals surface area contributed by atoms with E-state index in [4.69, 9.17) is 0 Å². The van der Waals surface area contributed by atoms with Crippen molar-refractivity contribution in [3.05, 3.63) is 89.8 Å². The summed E-state index contributed by atoms with van der Waals surface area (Å²) in [6.45, 7) is 3.62. The van der Waals surface area contributed by atoms with E-state index in [-0.39, 0.29) is 33.6 Å². The molecule has 0 spiro atoms. The second kappa shape index (κ2) is 8.98. The smallest absolute Gasteiger partial charge is 0.343 e. The van der Waals surface area contributed by atoms with Crippen LogP contribution in [-0.4, -0.2) is 24.7 Å². The zero-order chi connectivity index (χ0) is 23.1. The van der Waals surface area contributed by atoms with Crippen LogP contribution in [0.1, 0.15) is 30.9 Å². The minimum absolute atomic E-state index is 0. The maximum atomic E-state index is 14.1. The molecule has 0 amide bonds. The molecule has 0 aliphatic carbocycles. The number of pyridine rings is 3. The zero-order valence-corrected chi connectivity index (χ0v) is 18.0. The normalized spacial score (nSPS) is 11.8. The fourth-order valence-corrected chi connectivity index (χ4v) is 3.04. The average Bonchev–Trinajstić information content (AvgIpc) is 3.25. The monoisotopic (exact) mass is 501 g/mol. The summed E-state index contributed by atoms with van der Waals surface area (Å²) in [6, 6.07) is 13.9. The molecular formula is C22H14F5N5Ni. The molecule has 0 aromatic carbocycles. The summed E-state index contributed by atoms with van der Waals surface area (Å²) in [7, 11) is 0. The summed E-state index contributed by atoms with van der Waals surface area (Å²) < 4.78 is 66.7. The van der Waals surface area contributed by atoms with E-state index in [2.05, 4.69) is 32.3 Å². The van der Waals surface area contributed by atoms with Crippen LogP contribution in [0.3, 0.4) is 0 Å². The standard InChI is InChI=1S/C22H14F5N5.Ni/c1-21(2,15-6-3-5-14(28-15)13-9-10-18(23)30-20(13)24)16-7-4-8-19(29-16)32-12-11-17(31-32)22(25,26)27;/h3-8,10-11H,1-2H3;/q-2;+2. The molecule has 0 saturated heterocycles. The molecule has 0 N–H and O–H groups in total. The van der Waals surface area contributed by atoms with E-state index < -0.39 is 29.2 Å². The first kappa shape index (κ1) is 24.4.